The highest BCUT2D eigenvalue weighted by Crippen LogP contribution is 2.06. The van der Waals surface area contributed by atoms with Gasteiger partial charge >= 0.3 is 5.97 Å². The van der Waals surface area contributed by atoms with Crippen molar-refractivity contribution in [1.29, 1.82) is 0 Å². The van der Waals surface area contributed by atoms with Crippen LogP contribution in [0.5, 0.6) is 0 Å². The zero-order valence-electron chi connectivity index (χ0n) is 22.4. The summed E-state index contributed by atoms with van der Waals surface area (Å²) in [6.45, 7) is 13.2. The van der Waals surface area contributed by atoms with Gasteiger partial charge in [0.15, 0.2) is 0 Å². The summed E-state index contributed by atoms with van der Waals surface area (Å²) in [5.41, 5.74) is -0.507. The maximum atomic E-state index is 11.5. The third-order valence-electron chi connectivity index (χ3n) is 3.85. The van der Waals surface area contributed by atoms with Crippen LogP contribution in [0.1, 0.15) is 20.8 Å². The molecular formula is C24H48O12. The molecule has 12 heteroatoms. The average Bonchev–Trinajstić information content (AvgIpc) is 2.82. The van der Waals surface area contributed by atoms with Crippen molar-refractivity contribution in [3.05, 3.63) is 0 Å². The standard InChI is InChI=1S/C24H48O12/c1-24(2,3)36-23(26)22-35-21-20-34-19-18-33-17-16-32-15-14-31-13-12-30-11-10-29-9-8-28-7-6-27-5-4-25/h25H,4-22H2,1-3H3. The van der Waals surface area contributed by atoms with Gasteiger partial charge in [-0.15, -0.1) is 0 Å². The van der Waals surface area contributed by atoms with Gasteiger partial charge in [0, 0.05) is 0 Å². The zero-order valence-corrected chi connectivity index (χ0v) is 22.4. The van der Waals surface area contributed by atoms with Crippen LogP contribution in [0.25, 0.3) is 0 Å². The normalized spacial score (nSPS) is 11.8. The van der Waals surface area contributed by atoms with E-state index in [4.69, 9.17) is 52.5 Å². The Labute approximate surface area is 215 Å². The highest BCUT2D eigenvalue weighted by molar-refractivity contribution is 5.71. The van der Waals surface area contributed by atoms with E-state index in [9.17, 15) is 4.79 Å². The van der Waals surface area contributed by atoms with Crippen LogP contribution in [0, 0.1) is 0 Å². The topological polar surface area (TPSA) is 130 Å². The predicted molar refractivity (Wildman–Crippen MR) is 130 cm³/mol. The van der Waals surface area contributed by atoms with E-state index >= 15 is 0 Å². The van der Waals surface area contributed by atoms with E-state index in [-0.39, 0.29) is 19.2 Å². The lowest BCUT2D eigenvalue weighted by Gasteiger charge is -2.19. The van der Waals surface area contributed by atoms with Gasteiger partial charge in [0.1, 0.15) is 12.2 Å². The fourth-order valence-electron chi connectivity index (χ4n) is 2.35. The Balaban J connectivity index is 3.09. The van der Waals surface area contributed by atoms with Gasteiger partial charge in [-0.05, 0) is 20.8 Å². The Kier molecular flexibility index (Phi) is 26.4. The van der Waals surface area contributed by atoms with E-state index in [0.717, 1.165) is 0 Å². The summed E-state index contributed by atoms with van der Waals surface area (Å²) >= 11 is 0. The lowest BCUT2D eigenvalue weighted by Crippen LogP contribution is -2.27. The molecule has 0 aliphatic rings. The fourth-order valence-corrected chi connectivity index (χ4v) is 2.35. The number of carbonyl (C=O) groups is 1. The molecule has 0 radical (unpaired) electrons. The van der Waals surface area contributed by atoms with E-state index in [1.54, 1.807) is 0 Å². The molecule has 1 N–H and O–H groups in total. The third-order valence-corrected chi connectivity index (χ3v) is 3.85. The van der Waals surface area contributed by atoms with Crippen molar-refractivity contribution in [1.82, 2.24) is 0 Å². The summed E-state index contributed by atoms with van der Waals surface area (Å²) < 4.78 is 53.1. The summed E-state index contributed by atoms with van der Waals surface area (Å²) in [4.78, 5) is 11.5. The van der Waals surface area contributed by atoms with E-state index in [2.05, 4.69) is 0 Å². The monoisotopic (exact) mass is 528 g/mol. The first-order valence-corrected chi connectivity index (χ1v) is 12.5. The molecule has 0 unspecified atom stereocenters. The molecule has 12 nitrogen and oxygen atoms in total. The molecule has 0 atom stereocenters. The fraction of sp³-hybridized carbons (Fsp3) is 0.958. The number of hydrogen-bond acceptors (Lipinski definition) is 12. The maximum absolute atomic E-state index is 11.5. The smallest absolute Gasteiger partial charge is 0.332 e. The van der Waals surface area contributed by atoms with Crippen molar-refractivity contribution in [2.75, 3.05) is 126 Å². The lowest BCUT2D eigenvalue weighted by molar-refractivity contribution is -0.160. The third kappa shape index (κ3) is 31.1. The molecule has 0 aromatic rings. The minimum atomic E-state index is -0.507. The second-order valence-corrected chi connectivity index (χ2v) is 8.26. The van der Waals surface area contributed by atoms with Gasteiger partial charge in [0.25, 0.3) is 0 Å². The molecular weight excluding hydrogens is 480 g/mol. The van der Waals surface area contributed by atoms with Crippen LogP contribution in [-0.4, -0.2) is 142 Å². The van der Waals surface area contributed by atoms with Crippen LogP contribution < -0.4 is 0 Å². The van der Waals surface area contributed by atoms with Crippen LogP contribution in [0.4, 0.5) is 0 Å². The summed E-state index contributed by atoms with van der Waals surface area (Å²) in [6.07, 6.45) is 0. The van der Waals surface area contributed by atoms with Gasteiger partial charge in [0.2, 0.25) is 0 Å². The van der Waals surface area contributed by atoms with E-state index in [1.165, 1.54) is 0 Å². The molecule has 0 fully saturated rings. The van der Waals surface area contributed by atoms with Crippen LogP contribution in [0.15, 0.2) is 0 Å². The molecule has 0 amide bonds. The second kappa shape index (κ2) is 27.1. The number of hydrogen-bond donors (Lipinski definition) is 1. The molecule has 0 spiro atoms. The molecule has 36 heavy (non-hydrogen) atoms. The number of aliphatic hydroxyl groups excluding tert-OH is 1. The van der Waals surface area contributed by atoms with Gasteiger partial charge < -0.3 is 52.5 Å². The molecule has 0 saturated heterocycles. The van der Waals surface area contributed by atoms with Gasteiger partial charge in [-0.2, -0.15) is 0 Å². The summed E-state index contributed by atoms with van der Waals surface area (Å²) in [5.74, 6) is -0.386. The van der Waals surface area contributed by atoms with E-state index in [1.807, 2.05) is 20.8 Å². The zero-order chi connectivity index (χ0) is 26.6. The number of esters is 1. The Morgan fingerprint density at radius 1 is 0.472 bits per heavy atom. The molecule has 0 aromatic heterocycles. The van der Waals surface area contributed by atoms with Crippen LogP contribution in [-0.2, 0) is 52.2 Å². The van der Waals surface area contributed by atoms with Crippen molar-refractivity contribution < 1.29 is 57.3 Å². The number of rotatable bonds is 28. The van der Waals surface area contributed by atoms with Crippen molar-refractivity contribution in [3.63, 3.8) is 0 Å². The van der Waals surface area contributed by atoms with Crippen LogP contribution in [0.3, 0.4) is 0 Å². The Morgan fingerprint density at radius 3 is 0.972 bits per heavy atom. The molecule has 0 aromatic carbocycles. The van der Waals surface area contributed by atoms with Crippen molar-refractivity contribution in [3.8, 4) is 0 Å². The minimum absolute atomic E-state index is 0.0231. The largest absolute Gasteiger partial charge is 0.458 e. The van der Waals surface area contributed by atoms with Gasteiger partial charge in [-0.25, -0.2) is 4.79 Å². The lowest BCUT2D eigenvalue weighted by atomic mass is 10.2. The van der Waals surface area contributed by atoms with Crippen molar-refractivity contribution >= 4 is 5.97 Å². The molecule has 0 aliphatic carbocycles. The van der Waals surface area contributed by atoms with Crippen LogP contribution >= 0.6 is 0 Å². The molecule has 0 saturated carbocycles. The summed E-state index contributed by atoms with van der Waals surface area (Å²) in [7, 11) is 0. The van der Waals surface area contributed by atoms with Crippen molar-refractivity contribution in [2.24, 2.45) is 0 Å². The maximum Gasteiger partial charge on any atom is 0.332 e. The summed E-state index contributed by atoms with van der Waals surface area (Å²) in [6, 6.07) is 0. The Hall–Kier alpha value is -0.930. The van der Waals surface area contributed by atoms with Crippen molar-refractivity contribution in [2.45, 2.75) is 26.4 Å². The quantitative estimate of drug-likeness (QED) is 0.112. The van der Waals surface area contributed by atoms with Gasteiger partial charge in [-0.3, -0.25) is 0 Å². The first kappa shape index (κ1) is 35.1. The van der Waals surface area contributed by atoms with Gasteiger partial charge in [0.05, 0.1) is 119 Å². The molecule has 0 aliphatic heterocycles. The minimum Gasteiger partial charge on any atom is -0.458 e. The number of carbonyl (C=O) groups excluding carboxylic acids is 1. The Bertz CT molecular complexity index is 459. The van der Waals surface area contributed by atoms with E-state index < -0.39 is 5.60 Å². The molecule has 216 valence electrons. The Morgan fingerprint density at radius 2 is 0.722 bits per heavy atom. The van der Waals surface area contributed by atoms with Crippen LogP contribution in [0.2, 0.25) is 0 Å². The molecule has 0 bridgehead atoms. The number of aliphatic hydroxyl groups is 1. The highest BCUT2D eigenvalue weighted by Gasteiger charge is 2.15. The molecule has 0 rings (SSSR count). The molecule has 0 heterocycles. The van der Waals surface area contributed by atoms with E-state index in [0.29, 0.717) is 112 Å². The highest BCUT2D eigenvalue weighted by atomic mass is 16.6. The first-order chi connectivity index (χ1) is 17.5. The number of ether oxygens (including phenoxy) is 10. The SMILES string of the molecule is CC(C)(C)OC(=O)COCCOCCOCCOCCOCCOCCOCCOCCOCCO. The summed E-state index contributed by atoms with van der Waals surface area (Å²) in [5, 5.41) is 8.55. The second-order valence-electron chi connectivity index (χ2n) is 8.26. The first-order valence-electron chi connectivity index (χ1n) is 12.5. The van der Waals surface area contributed by atoms with Gasteiger partial charge in [-0.1, -0.05) is 0 Å². The predicted octanol–water partition coefficient (Wildman–Crippen LogP) is 0.470. The average molecular weight is 529 g/mol.